The molecule has 0 spiro atoms. The molecule has 0 atom stereocenters. The molecule has 6 nitrogen and oxygen atoms in total. The summed E-state index contributed by atoms with van der Waals surface area (Å²) < 4.78 is 7.88. The van der Waals surface area contributed by atoms with Crippen molar-refractivity contribution < 1.29 is 4.42 Å². The molecule has 0 aliphatic heterocycles. The predicted molar refractivity (Wildman–Crippen MR) is 101 cm³/mol. The van der Waals surface area contributed by atoms with E-state index < -0.39 is 0 Å². The highest BCUT2D eigenvalue weighted by atomic mass is 32.2. The molecular weight excluding hydrogens is 346 g/mol. The number of pyridine rings is 1. The molecule has 0 saturated carbocycles. The highest BCUT2D eigenvalue weighted by Gasteiger charge is 2.14. The van der Waals surface area contributed by atoms with Crippen molar-refractivity contribution in [1.29, 1.82) is 0 Å². The summed E-state index contributed by atoms with van der Waals surface area (Å²) in [7, 11) is 0. The van der Waals surface area contributed by atoms with Crippen LogP contribution < -0.4 is 0 Å². The molecule has 4 aromatic heterocycles. The molecule has 128 valence electrons. The van der Waals surface area contributed by atoms with Crippen LogP contribution in [0.4, 0.5) is 0 Å². The lowest BCUT2D eigenvalue weighted by Crippen LogP contribution is -1.84. The zero-order valence-electron chi connectivity index (χ0n) is 14.0. The highest BCUT2D eigenvalue weighted by molar-refractivity contribution is 7.98. The summed E-state index contributed by atoms with van der Waals surface area (Å²) in [6, 6.07) is 12.1. The van der Waals surface area contributed by atoms with Gasteiger partial charge in [0.15, 0.2) is 0 Å². The van der Waals surface area contributed by atoms with E-state index in [1.165, 1.54) is 11.8 Å². The molecular formula is C19H15N5OS. The number of H-pyrrole nitrogens is 1. The van der Waals surface area contributed by atoms with Crippen molar-refractivity contribution in [3.8, 4) is 11.5 Å². The Labute approximate surface area is 153 Å². The standard InChI is InChI=1S/C19H15N5OS/c1-12-5-4-8-24-10-13(21-17(12)24)11-26-19-23-22-18(25-19)15-9-20-16-7-3-2-6-14(15)16/h2-10,20H,11H2,1H3. The summed E-state index contributed by atoms with van der Waals surface area (Å²) in [6.45, 7) is 2.06. The minimum absolute atomic E-state index is 0.524. The van der Waals surface area contributed by atoms with Crippen LogP contribution in [0.2, 0.25) is 0 Å². The number of imidazole rings is 1. The molecule has 0 amide bonds. The largest absolute Gasteiger partial charge is 0.411 e. The second-order valence-corrected chi connectivity index (χ2v) is 6.99. The first-order chi connectivity index (χ1) is 12.8. The predicted octanol–water partition coefficient (Wildman–Crippen LogP) is 4.47. The number of benzene rings is 1. The van der Waals surface area contributed by atoms with E-state index in [2.05, 4.69) is 33.2 Å². The number of hydrogen-bond acceptors (Lipinski definition) is 5. The van der Waals surface area contributed by atoms with Gasteiger partial charge in [0.25, 0.3) is 11.1 Å². The molecule has 1 N–H and O–H groups in total. The van der Waals surface area contributed by atoms with Crippen molar-refractivity contribution in [3.63, 3.8) is 0 Å². The smallest absolute Gasteiger partial charge is 0.277 e. The Morgan fingerprint density at radius 2 is 2.08 bits per heavy atom. The van der Waals surface area contributed by atoms with Crippen LogP contribution in [0.15, 0.2) is 64.6 Å². The molecule has 4 heterocycles. The van der Waals surface area contributed by atoms with Gasteiger partial charge in [0.05, 0.1) is 11.3 Å². The maximum atomic E-state index is 5.84. The lowest BCUT2D eigenvalue weighted by atomic mass is 10.2. The second kappa shape index (κ2) is 6.03. The van der Waals surface area contributed by atoms with Gasteiger partial charge in [0, 0.05) is 35.2 Å². The van der Waals surface area contributed by atoms with Gasteiger partial charge in [0.2, 0.25) is 0 Å². The Kier molecular flexibility index (Phi) is 3.53. The van der Waals surface area contributed by atoms with Gasteiger partial charge in [-0.05, 0) is 24.6 Å². The summed E-state index contributed by atoms with van der Waals surface area (Å²) >= 11 is 1.49. The quantitative estimate of drug-likeness (QED) is 0.478. The number of nitrogens with zero attached hydrogens (tertiary/aromatic N) is 4. The third-order valence-corrected chi connectivity index (χ3v) is 5.15. The van der Waals surface area contributed by atoms with Gasteiger partial charge in [0.1, 0.15) is 5.65 Å². The van der Waals surface area contributed by atoms with Crippen LogP contribution in [0.3, 0.4) is 0 Å². The van der Waals surface area contributed by atoms with E-state index in [1.54, 1.807) is 0 Å². The number of aryl methyl sites for hydroxylation is 1. The number of hydrogen-bond donors (Lipinski definition) is 1. The number of nitrogens with one attached hydrogen (secondary N) is 1. The Morgan fingerprint density at radius 3 is 3.00 bits per heavy atom. The monoisotopic (exact) mass is 361 g/mol. The van der Waals surface area contributed by atoms with E-state index in [1.807, 2.05) is 53.3 Å². The number of fused-ring (bicyclic) bond motifs is 2. The van der Waals surface area contributed by atoms with Crippen molar-refractivity contribution in [2.75, 3.05) is 0 Å². The lowest BCUT2D eigenvalue weighted by Gasteiger charge is -1.94. The van der Waals surface area contributed by atoms with E-state index in [0.29, 0.717) is 16.9 Å². The summed E-state index contributed by atoms with van der Waals surface area (Å²) in [4.78, 5) is 7.90. The van der Waals surface area contributed by atoms with E-state index in [4.69, 9.17) is 4.42 Å². The SMILES string of the molecule is Cc1cccn2cc(CSc3nnc(-c4c[nH]c5ccccc45)o3)nc12. The van der Waals surface area contributed by atoms with Gasteiger partial charge in [-0.25, -0.2) is 4.98 Å². The van der Waals surface area contributed by atoms with E-state index in [0.717, 1.165) is 33.4 Å². The topological polar surface area (TPSA) is 72.0 Å². The maximum Gasteiger partial charge on any atom is 0.277 e. The molecule has 5 rings (SSSR count). The van der Waals surface area contributed by atoms with Crippen LogP contribution >= 0.6 is 11.8 Å². The molecule has 0 aliphatic carbocycles. The Morgan fingerprint density at radius 1 is 1.15 bits per heavy atom. The fourth-order valence-electron chi connectivity index (χ4n) is 3.04. The molecule has 26 heavy (non-hydrogen) atoms. The Hall–Kier alpha value is -3.06. The van der Waals surface area contributed by atoms with Gasteiger partial charge < -0.3 is 13.8 Å². The van der Waals surface area contributed by atoms with Crippen molar-refractivity contribution in [2.45, 2.75) is 17.9 Å². The van der Waals surface area contributed by atoms with Gasteiger partial charge in [-0.2, -0.15) is 0 Å². The summed E-state index contributed by atoms with van der Waals surface area (Å²) in [6.07, 6.45) is 5.94. The average Bonchev–Trinajstić information content (AvgIpc) is 3.37. The minimum atomic E-state index is 0.524. The molecule has 0 aliphatic rings. The van der Waals surface area contributed by atoms with E-state index in [9.17, 15) is 0 Å². The third kappa shape index (κ3) is 2.57. The van der Waals surface area contributed by atoms with Crippen LogP contribution in [-0.2, 0) is 5.75 Å². The van der Waals surface area contributed by atoms with Crippen molar-refractivity contribution in [2.24, 2.45) is 0 Å². The minimum Gasteiger partial charge on any atom is -0.411 e. The highest BCUT2D eigenvalue weighted by Crippen LogP contribution is 2.30. The van der Waals surface area contributed by atoms with Crippen molar-refractivity contribution >= 4 is 28.3 Å². The van der Waals surface area contributed by atoms with Gasteiger partial charge in [-0.3, -0.25) is 0 Å². The molecule has 0 fully saturated rings. The fourth-order valence-corrected chi connectivity index (χ4v) is 3.68. The number of aromatic amines is 1. The molecule has 0 radical (unpaired) electrons. The van der Waals surface area contributed by atoms with Crippen LogP contribution in [-0.4, -0.2) is 24.6 Å². The van der Waals surface area contributed by atoms with Crippen LogP contribution in [0.25, 0.3) is 28.0 Å². The average molecular weight is 361 g/mol. The van der Waals surface area contributed by atoms with Crippen molar-refractivity contribution in [3.05, 3.63) is 66.2 Å². The third-order valence-electron chi connectivity index (χ3n) is 4.30. The van der Waals surface area contributed by atoms with Crippen LogP contribution in [0.5, 0.6) is 0 Å². The summed E-state index contributed by atoms with van der Waals surface area (Å²) in [5.41, 5.74) is 5.09. The first-order valence-corrected chi connectivity index (χ1v) is 9.22. The number of aromatic nitrogens is 5. The lowest BCUT2D eigenvalue weighted by molar-refractivity contribution is 0.466. The van der Waals surface area contributed by atoms with Crippen LogP contribution in [0, 0.1) is 6.92 Å². The molecule has 5 aromatic rings. The van der Waals surface area contributed by atoms with Gasteiger partial charge in [-0.15, -0.1) is 10.2 Å². The summed E-state index contributed by atoms with van der Waals surface area (Å²) in [5, 5.41) is 9.97. The Balaban J connectivity index is 1.38. The zero-order chi connectivity index (χ0) is 17.5. The second-order valence-electron chi connectivity index (χ2n) is 6.06. The number of rotatable bonds is 4. The zero-order valence-corrected chi connectivity index (χ0v) is 14.8. The molecule has 0 bridgehead atoms. The van der Waals surface area contributed by atoms with E-state index in [-0.39, 0.29) is 0 Å². The normalized spacial score (nSPS) is 11.6. The van der Waals surface area contributed by atoms with Gasteiger partial charge >= 0.3 is 0 Å². The molecule has 7 heteroatoms. The van der Waals surface area contributed by atoms with Gasteiger partial charge in [-0.1, -0.05) is 36.0 Å². The molecule has 0 unspecified atom stereocenters. The molecule has 0 saturated heterocycles. The van der Waals surface area contributed by atoms with Crippen LogP contribution in [0.1, 0.15) is 11.3 Å². The van der Waals surface area contributed by atoms with Crippen molar-refractivity contribution in [1.82, 2.24) is 24.6 Å². The number of thioether (sulfide) groups is 1. The fraction of sp³-hybridized carbons (Fsp3) is 0.105. The maximum absolute atomic E-state index is 5.84. The molecule has 1 aromatic carbocycles. The first kappa shape index (κ1) is 15.2. The first-order valence-electron chi connectivity index (χ1n) is 8.24. The summed E-state index contributed by atoms with van der Waals surface area (Å²) in [5.74, 6) is 1.20. The Bertz CT molecular complexity index is 1220. The number of para-hydroxylation sites is 1. The van der Waals surface area contributed by atoms with E-state index >= 15 is 0 Å².